The maximum atomic E-state index is 10.8. The molecule has 92 valence electrons. The summed E-state index contributed by atoms with van der Waals surface area (Å²) >= 11 is 9.11. The molecule has 6 heteroatoms. The van der Waals surface area contributed by atoms with E-state index in [0.29, 0.717) is 15.2 Å². The van der Waals surface area contributed by atoms with Gasteiger partial charge in [-0.05, 0) is 40.2 Å². The molecule has 1 aromatic heterocycles. The Morgan fingerprint density at radius 2 is 2.11 bits per heavy atom. The third-order valence-electron chi connectivity index (χ3n) is 2.05. The van der Waals surface area contributed by atoms with Crippen molar-refractivity contribution in [1.29, 1.82) is 0 Å². The van der Waals surface area contributed by atoms with E-state index in [1.54, 1.807) is 30.3 Å². The molecule has 0 spiro atoms. The van der Waals surface area contributed by atoms with Crippen molar-refractivity contribution in [3.63, 3.8) is 0 Å². The first-order valence-electron chi connectivity index (χ1n) is 4.89. The second-order valence-corrected chi connectivity index (χ2v) is 4.63. The summed E-state index contributed by atoms with van der Waals surface area (Å²) in [5, 5.41) is 9.39. The van der Waals surface area contributed by atoms with Crippen LogP contribution in [-0.4, -0.2) is 16.1 Å². The van der Waals surface area contributed by atoms with E-state index in [1.807, 2.05) is 0 Å². The van der Waals surface area contributed by atoms with Gasteiger partial charge in [-0.2, -0.15) is 0 Å². The van der Waals surface area contributed by atoms with Gasteiger partial charge in [0.1, 0.15) is 5.75 Å². The molecule has 0 fully saturated rings. The molecule has 1 N–H and O–H groups in total. The van der Waals surface area contributed by atoms with Crippen molar-refractivity contribution in [2.24, 2.45) is 0 Å². The molecule has 0 amide bonds. The molecule has 1 heterocycles. The Bertz CT molecular complexity index is 604. The fourth-order valence-corrected chi connectivity index (χ4v) is 2.03. The maximum absolute atomic E-state index is 10.8. The molecule has 2 aromatic rings. The average Bonchev–Trinajstić information content (AvgIpc) is 2.33. The zero-order valence-electron chi connectivity index (χ0n) is 8.93. The quantitative estimate of drug-likeness (QED) is 0.925. The highest BCUT2D eigenvalue weighted by Crippen LogP contribution is 2.31. The lowest BCUT2D eigenvalue weighted by molar-refractivity contribution is 0.0689. The number of hydrogen-bond donors (Lipinski definition) is 1. The third-order valence-corrected chi connectivity index (χ3v) is 2.91. The molecule has 1 aromatic carbocycles. The van der Waals surface area contributed by atoms with E-state index < -0.39 is 5.97 Å². The molecule has 0 saturated heterocycles. The zero-order valence-corrected chi connectivity index (χ0v) is 11.3. The lowest BCUT2D eigenvalue weighted by Gasteiger charge is -2.07. The predicted molar refractivity (Wildman–Crippen MR) is 70.4 cm³/mol. The van der Waals surface area contributed by atoms with Crippen molar-refractivity contribution in [1.82, 2.24) is 4.98 Å². The van der Waals surface area contributed by atoms with Gasteiger partial charge in [-0.1, -0.05) is 17.7 Å². The van der Waals surface area contributed by atoms with E-state index >= 15 is 0 Å². The highest BCUT2D eigenvalue weighted by molar-refractivity contribution is 9.10. The van der Waals surface area contributed by atoms with Crippen molar-refractivity contribution >= 4 is 33.5 Å². The number of rotatable bonds is 3. The lowest BCUT2D eigenvalue weighted by atomic mass is 10.3. The molecule has 4 nitrogen and oxygen atoms in total. The number of carboxylic acid groups (broad SMARTS) is 1. The van der Waals surface area contributed by atoms with Crippen molar-refractivity contribution in [3.8, 4) is 11.6 Å². The van der Waals surface area contributed by atoms with Gasteiger partial charge in [0.15, 0.2) is 5.69 Å². The molecule has 0 aliphatic rings. The number of ether oxygens (including phenoxy) is 1. The number of pyridine rings is 1. The summed E-state index contributed by atoms with van der Waals surface area (Å²) in [7, 11) is 0. The standard InChI is InChI=1S/C12H7BrClNO3/c13-8-6-7(14)4-5-10(8)18-11-3-1-2-9(15-11)12(16)17/h1-6H,(H,16,17). The Morgan fingerprint density at radius 3 is 2.78 bits per heavy atom. The second kappa shape index (κ2) is 5.37. The highest BCUT2D eigenvalue weighted by atomic mass is 79.9. The second-order valence-electron chi connectivity index (χ2n) is 3.34. The summed E-state index contributed by atoms with van der Waals surface area (Å²) in [4.78, 5) is 14.6. The minimum absolute atomic E-state index is 0.0717. The Hall–Kier alpha value is -1.59. The summed E-state index contributed by atoms with van der Waals surface area (Å²) in [6.07, 6.45) is 0. The number of halogens is 2. The van der Waals surface area contributed by atoms with Gasteiger partial charge in [0.05, 0.1) is 4.47 Å². The van der Waals surface area contributed by atoms with Crippen LogP contribution in [0.5, 0.6) is 11.6 Å². The Morgan fingerprint density at radius 1 is 1.33 bits per heavy atom. The van der Waals surface area contributed by atoms with Crippen molar-refractivity contribution in [2.45, 2.75) is 0 Å². The molecular formula is C12H7BrClNO3. The molecule has 0 atom stereocenters. The molecule has 18 heavy (non-hydrogen) atoms. The van der Waals surface area contributed by atoms with E-state index in [9.17, 15) is 4.79 Å². The number of carboxylic acids is 1. The van der Waals surface area contributed by atoms with Crippen LogP contribution in [0.25, 0.3) is 0 Å². The first kappa shape index (κ1) is 12.9. The van der Waals surface area contributed by atoms with E-state index in [2.05, 4.69) is 20.9 Å². The van der Waals surface area contributed by atoms with Crippen LogP contribution in [0.3, 0.4) is 0 Å². The van der Waals surface area contributed by atoms with Crippen molar-refractivity contribution in [3.05, 3.63) is 51.6 Å². The van der Waals surface area contributed by atoms with Crippen LogP contribution in [0, 0.1) is 0 Å². The fraction of sp³-hybridized carbons (Fsp3) is 0. The van der Waals surface area contributed by atoms with Crippen LogP contribution in [0.4, 0.5) is 0 Å². The molecule has 0 radical (unpaired) electrons. The van der Waals surface area contributed by atoms with Crippen LogP contribution in [-0.2, 0) is 0 Å². The van der Waals surface area contributed by atoms with Gasteiger partial charge >= 0.3 is 5.97 Å². The Kier molecular flexibility index (Phi) is 3.84. The number of aromatic nitrogens is 1. The SMILES string of the molecule is O=C(O)c1cccc(Oc2ccc(Cl)cc2Br)n1. The number of hydrogen-bond acceptors (Lipinski definition) is 3. The largest absolute Gasteiger partial charge is 0.477 e. The first-order chi connectivity index (χ1) is 8.56. The van der Waals surface area contributed by atoms with Crippen LogP contribution < -0.4 is 4.74 Å². The molecule has 0 unspecified atom stereocenters. The Labute approximate surface area is 116 Å². The monoisotopic (exact) mass is 327 g/mol. The molecular weight excluding hydrogens is 321 g/mol. The molecule has 0 saturated carbocycles. The minimum atomic E-state index is -1.10. The summed E-state index contributed by atoms with van der Waals surface area (Å²) < 4.78 is 6.14. The van der Waals surface area contributed by atoms with Gasteiger partial charge in [0.2, 0.25) is 5.88 Å². The minimum Gasteiger partial charge on any atom is -0.477 e. The number of aromatic carboxylic acids is 1. The predicted octanol–water partition coefficient (Wildman–Crippen LogP) is 3.99. The van der Waals surface area contributed by atoms with Crippen molar-refractivity contribution in [2.75, 3.05) is 0 Å². The molecule has 0 aliphatic heterocycles. The number of nitrogens with zero attached hydrogens (tertiary/aromatic N) is 1. The topological polar surface area (TPSA) is 59.4 Å². The zero-order chi connectivity index (χ0) is 13.1. The van der Waals surface area contributed by atoms with Gasteiger partial charge in [-0.3, -0.25) is 0 Å². The fourth-order valence-electron chi connectivity index (χ4n) is 1.26. The van der Waals surface area contributed by atoms with Crippen LogP contribution >= 0.6 is 27.5 Å². The van der Waals surface area contributed by atoms with Crippen LogP contribution in [0.2, 0.25) is 5.02 Å². The summed E-state index contributed by atoms with van der Waals surface area (Å²) in [5.74, 6) is -0.386. The third kappa shape index (κ3) is 3.00. The summed E-state index contributed by atoms with van der Waals surface area (Å²) in [6, 6.07) is 9.55. The van der Waals surface area contributed by atoms with E-state index in [0.717, 1.165) is 0 Å². The Balaban J connectivity index is 2.28. The summed E-state index contributed by atoms with van der Waals surface area (Å²) in [6.45, 7) is 0. The number of benzene rings is 1. The van der Waals surface area contributed by atoms with E-state index in [1.165, 1.54) is 6.07 Å². The summed E-state index contributed by atoms with van der Waals surface area (Å²) in [5.41, 5.74) is -0.0717. The van der Waals surface area contributed by atoms with Crippen molar-refractivity contribution < 1.29 is 14.6 Å². The van der Waals surface area contributed by atoms with Gasteiger partial charge in [-0.15, -0.1) is 0 Å². The van der Waals surface area contributed by atoms with Crippen LogP contribution in [0.15, 0.2) is 40.9 Å². The average molecular weight is 329 g/mol. The van der Waals surface area contributed by atoms with Crippen LogP contribution in [0.1, 0.15) is 10.5 Å². The molecule has 2 rings (SSSR count). The lowest BCUT2D eigenvalue weighted by Crippen LogP contribution is -2.00. The maximum Gasteiger partial charge on any atom is 0.354 e. The first-order valence-corrected chi connectivity index (χ1v) is 6.06. The van der Waals surface area contributed by atoms with Gasteiger partial charge in [0.25, 0.3) is 0 Å². The number of carbonyl (C=O) groups is 1. The van der Waals surface area contributed by atoms with E-state index in [-0.39, 0.29) is 11.6 Å². The van der Waals surface area contributed by atoms with Gasteiger partial charge in [-0.25, -0.2) is 9.78 Å². The molecule has 0 bridgehead atoms. The van der Waals surface area contributed by atoms with Gasteiger partial charge in [0, 0.05) is 11.1 Å². The van der Waals surface area contributed by atoms with E-state index in [4.69, 9.17) is 21.4 Å². The van der Waals surface area contributed by atoms with Gasteiger partial charge < -0.3 is 9.84 Å². The highest BCUT2D eigenvalue weighted by Gasteiger charge is 2.08. The normalized spacial score (nSPS) is 10.1. The molecule has 0 aliphatic carbocycles. The smallest absolute Gasteiger partial charge is 0.354 e.